The molecule has 27 heavy (non-hydrogen) atoms. The lowest BCUT2D eigenvalue weighted by Crippen LogP contribution is -2.38. The van der Waals surface area contributed by atoms with Gasteiger partial charge in [-0.05, 0) is 67.1 Å². The SMILES string of the molecule is COc1ccc(C(=O)N2CCC(Cc3ccc(OC)c(OC)c3)CC2)cc1. The van der Waals surface area contributed by atoms with Crippen molar-refractivity contribution in [2.24, 2.45) is 5.92 Å². The molecule has 2 aromatic rings. The van der Waals surface area contributed by atoms with E-state index in [4.69, 9.17) is 14.2 Å². The van der Waals surface area contributed by atoms with Crippen molar-refractivity contribution in [3.05, 3.63) is 53.6 Å². The Hall–Kier alpha value is -2.69. The Bertz CT molecular complexity index is 764. The highest BCUT2D eigenvalue weighted by atomic mass is 16.5. The molecule has 5 nitrogen and oxygen atoms in total. The predicted molar refractivity (Wildman–Crippen MR) is 105 cm³/mol. The van der Waals surface area contributed by atoms with E-state index in [0.717, 1.165) is 49.6 Å². The standard InChI is InChI=1S/C22H27NO4/c1-25-19-7-5-18(6-8-19)22(24)23-12-10-16(11-13-23)14-17-4-9-20(26-2)21(15-17)27-3/h4-9,15-16H,10-14H2,1-3H3. The Kier molecular flexibility index (Phi) is 6.22. The summed E-state index contributed by atoms with van der Waals surface area (Å²) in [7, 11) is 4.93. The fourth-order valence-corrected chi connectivity index (χ4v) is 3.60. The maximum absolute atomic E-state index is 12.7. The van der Waals surface area contributed by atoms with Gasteiger partial charge in [0.25, 0.3) is 5.91 Å². The number of likely N-dealkylation sites (tertiary alicyclic amines) is 1. The van der Waals surface area contributed by atoms with Crippen molar-refractivity contribution in [2.45, 2.75) is 19.3 Å². The average molecular weight is 369 g/mol. The summed E-state index contributed by atoms with van der Waals surface area (Å²) in [6.45, 7) is 1.59. The van der Waals surface area contributed by atoms with Crippen molar-refractivity contribution in [3.63, 3.8) is 0 Å². The summed E-state index contributed by atoms with van der Waals surface area (Å²) in [6.07, 6.45) is 3.01. The van der Waals surface area contributed by atoms with Gasteiger partial charge in [-0.2, -0.15) is 0 Å². The van der Waals surface area contributed by atoms with E-state index in [9.17, 15) is 4.79 Å². The Labute approximate surface area is 160 Å². The number of nitrogens with zero attached hydrogens (tertiary/aromatic N) is 1. The van der Waals surface area contributed by atoms with Crippen LogP contribution >= 0.6 is 0 Å². The number of hydrogen-bond acceptors (Lipinski definition) is 4. The Morgan fingerprint density at radius 2 is 1.59 bits per heavy atom. The first-order valence-electron chi connectivity index (χ1n) is 9.29. The van der Waals surface area contributed by atoms with Crippen LogP contribution in [0.3, 0.4) is 0 Å². The van der Waals surface area contributed by atoms with E-state index in [0.29, 0.717) is 11.5 Å². The minimum atomic E-state index is 0.0993. The maximum Gasteiger partial charge on any atom is 0.253 e. The van der Waals surface area contributed by atoms with Gasteiger partial charge in [0.1, 0.15) is 5.75 Å². The number of benzene rings is 2. The van der Waals surface area contributed by atoms with Crippen molar-refractivity contribution >= 4 is 5.91 Å². The highest BCUT2D eigenvalue weighted by Crippen LogP contribution is 2.30. The second-order valence-corrected chi connectivity index (χ2v) is 6.86. The lowest BCUT2D eigenvalue weighted by Gasteiger charge is -2.32. The summed E-state index contributed by atoms with van der Waals surface area (Å²) in [4.78, 5) is 14.6. The number of carbonyl (C=O) groups is 1. The molecule has 1 saturated heterocycles. The maximum atomic E-state index is 12.7. The van der Waals surface area contributed by atoms with Gasteiger partial charge in [0, 0.05) is 18.7 Å². The van der Waals surface area contributed by atoms with Crippen LogP contribution in [-0.2, 0) is 6.42 Å². The molecule has 144 valence electrons. The summed E-state index contributed by atoms with van der Waals surface area (Å²) < 4.78 is 15.8. The number of amides is 1. The number of ether oxygens (including phenoxy) is 3. The highest BCUT2D eigenvalue weighted by molar-refractivity contribution is 5.94. The van der Waals surface area contributed by atoms with E-state index in [1.807, 2.05) is 41.3 Å². The molecule has 1 heterocycles. The fourth-order valence-electron chi connectivity index (χ4n) is 3.60. The molecule has 1 aliphatic heterocycles. The van der Waals surface area contributed by atoms with E-state index in [1.54, 1.807) is 21.3 Å². The van der Waals surface area contributed by atoms with E-state index in [2.05, 4.69) is 6.07 Å². The molecule has 0 spiro atoms. The number of piperidine rings is 1. The van der Waals surface area contributed by atoms with Crippen LogP contribution in [-0.4, -0.2) is 45.2 Å². The van der Waals surface area contributed by atoms with Gasteiger partial charge in [-0.3, -0.25) is 4.79 Å². The fraction of sp³-hybridized carbons (Fsp3) is 0.409. The number of methoxy groups -OCH3 is 3. The highest BCUT2D eigenvalue weighted by Gasteiger charge is 2.24. The molecule has 0 N–H and O–H groups in total. The van der Waals surface area contributed by atoms with Crippen molar-refractivity contribution in [1.82, 2.24) is 4.90 Å². The Morgan fingerprint density at radius 3 is 2.19 bits per heavy atom. The molecule has 3 rings (SSSR count). The topological polar surface area (TPSA) is 48.0 Å². The molecule has 0 aliphatic carbocycles. The first-order chi connectivity index (χ1) is 13.1. The lowest BCUT2D eigenvalue weighted by atomic mass is 9.90. The monoisotopic (exact) mass is 369 g/mol. The molecule has 5 heteroatoms. The van der Waals surface area contributed by atoms with Crippen LogP contribution in [0.1, 0.15) is 28.8 Å². The van der Waals surface area contributed by atoms with Crippen LogP contribution in [0.15, 0.2) is 42.5 Å². The van der Waals surface area contributed by atoms with Gasteiger partial charge in [0.2, 0.25) is 0 Å². The summed E-state index contributed by atoms with van der Waals surface area (Å²) >= 11 is 0. The summed E-state index contributed by atoms with van der Waals surface area (Å²) in [5, 5.41) is 0. The predicted octanol–water partition coefficient (Wildman–Crippen LogP) is 3.81. The first-order valence-corrected chi connectivity index (χ1v) is 9.29. The minimum Gasteiger partial charge on any atom is -0.497 e. The zero-order valence-corrected chi connectivity index (χ0v) is 16.2. The van der Waals surface area contributed by atoms with Crippen LogP contribution in [0.5, 0.6) is 17.2 Å². The largest absolute Gasteiger partial charge is 0.497 e. The van der Waals surface area contributed by atoms with Crippen LogP contribution < -0.4 is 14.2 Å². The summed E-state index contributed by atoms with van der Waals surface area (Å²) in [5.41, 5.74) is 1.96. The normalized spacial score (nSPS) is 14.7. The van der Waals surface area contributed by atoms with Gasteiger partial charge in [0.05, 0.1) is 21.3 Å². The van der Waals surface area contributed by atoms with Gasteiger partial charge < -0.3 is 19.1 Å². The molecule has 1 aliphatic rings. The van der Waals surface area contributed by atoms with Gasteiger partial charge >= 0.3 is 0 Å². The quantitative estimate of drug-likeness (QED) is 0.777. The molecular formula is C22H27NO4. The lowest BCUT2D eigenvalue weighted by molar-refractivity contribution is 0.0690. The summed E-state index contributed by atoms with van der Waals surface area (Å²) in [6, 6.07) is 13.4. The summed E-state index contributed by atoms with van der Waals surface area (Å²) in [5.74, 6) is 2.95. The van der Waals surface area contributed by atoms with Crippen LogP contribution in [0, 0.1) is 5.92 Å². The van der Waals surface area contributed by atoms with Crippen LogP contribution in [0.25, 0.3) is 0 Å². The van der Waals surface area contributed by atoms with Gasteiger partial charge in [0.15, 0.2) is 11.5 Å². The van der Waals surface area contributed by atoms with Crippen LogP contribution in [0.2, 0.25) is 0 Å². The van der Waals surface area contributed by atoms with Gasteiger partial charge in [-0.25, -0.2) is 0 Å². The molecule has 0 aromatic heterocycles. The molecule has 0 atom stereocenters. The smallest absolute Gasteiger partial charge is 0.253 e. The third-order valence-corrected chi connectivity index (χ3v) is 5.21. The number of hydrogen-bond donors (Lipinski definition) is 0. The molecule has 0 bridgehead atoms. The van der Waals surface area contributed by atoms with Crippen molar-refractivity contribution in [2.75, 3.05) is 34.4 Å². The zero-order chi connectivity index (χ0) is 19.2. The number of rotatable bonds is 6. The molecule has 0 saturated carbocycles. The van der Waals surface area contributed by atoms with E-state index in [-0.39, 0.29) is 5.91 Å². The first kappa shape index (κ1) is 19.1. The Morgan fingerprint density at radius 1 is 0.926 bits per heavy atom. The molecule has 1 fully saturated rings. The number of carbonyl (C=O) groups excluding carboxylic acids is 1. The van der Waals surface area contributed by atoms with E-state index in [1.165, 1.54) is 5.56 Å². The van der Waals surface area contributed by atoms with Gasteiger partial charge in [-0.1, -0.05) is 6.07 Å². The molecule has 1 amide bonds. The van der Waals surface area contributed by atoms with Crippen molar-refractivity contribution in [1.29, 1.82) is 0 Å². The zero-order valence-electron chi connectivity index (χ0n) is 16.2. The third kappa shape index (κ3) is 4.54. The van der Waals surface area contributed by atoms with Crippen LogP contribution in [0.4, 0.5) is 0 Å². The third-order valence-electron chi connectivity index (χ3n) is 5.21. The second-order valence-electron chi connectivity index (χ2n) is 6.86. The second kappa shape index (κ2) is 8.80. The molecule has 2 aromatic carbocycles. The van der Waals surface area contributed by atoms with Crippen molar-refractivity contribution < 1.29 is 19.0 Å². The molecule has 0 unspecified atom stereocenters. The minimum absolute atomic E-state index is 0.0993. The van der Waals surface area contributed by atoms with E-state index >= 15 is 0 Å². The van der Waals surface area contributed by atoms with E-state index < -0.39 is 0 Å². The van der Waals surface area contributed by atoms with Crippen molar-refractivity contribution in [3.8, 4) is 17.2 Å². The molecular weight excluding hydrogens is 342 g/mol. The van der Waals surface area contributed by atoms with Gasteiger partial charge in [-0.15, -0.1) is 0 Å². The Balaban J connectivity index is 1.56. The average Bonchev–Trinajstić information content (AvgIpc) is 2.73. The molecule has 0 radical (unpaired) electrons.